The van der Waals surface area contributed by atoms with Crippen LogP contribution in [0.3, 0.4) is 0 Å². The molecule has 0 unspecified atom stereocenters. The van der Waals surface area contributed by atoms with Crippen molar-refractivity contribution in [2.75, 3.05) is 30.9 Å². The molecule has 0 atom stereocenters. The first kappa shape index (κ1) is 12.9. The Kier molecular flexibility index (Phi) is 4.22. The van der Waals surface area contributed by atoms with Gasteiger partial charge in [0.2, 0.25) is 0 Å². The normalized spacial score (nSPS) is 11.3. The molecule has 0 aliphatic rings. The molecule has 2 nitrogen and oxygen atoms in total. The van der Waals surface area contributed by atoms with Gasteiger partial charge in [-0.05, 0) is 30.0 Å². The van der Waals surface area contributed by atoms with Crippen molar-refractivity contribution in [3.8, 4) is 0 Å². The molecule has 0 saturated carbocycles. The van der Waals surface area contributed by atoms with Crippen LogP contribution < -0.4 is 10.2 Å². The smallest absolute Gasteiger partial charge is 0.0384 e. The fourth-order valence-electron chi connectivity index (χ4n) is 1.53. The topological polar surface area (TPSA) is 15.3 Å². The van der Waals surface area contributed by atoms with Crippen molar-refractivity contribution in [1.29, 1.82) is 0 Å². The summed E-state index contributed by atoms with van der Waals surface area (Å²) < 4.78 is 0. The molecule has 0 amide bonds. The van der Waals surface area contributed by atoms with Gasteiger partial charge < -0.3 is 10.2 Å². The van der Waals surface area contributed by atoms with Gasteiger partial charge in [0.1, 0.15) is 0 Å². The van der Waals surface area contributed by atoms with Gasteiger partial charge in [0.05, 0.1) is 0 Å². The summed E-state index contributed by atoms with van der Waals surface area (Å²) in [6.07, 6.45) is 1.20. The number of hydrogen-bond donors (Lipinski definition) is 1. The minimum Gasteiger partial charge on any atom is -0.388 e. The Morgan fingerprint density at radius 3 is 2.50 bits per heavy atom. The third-order valence-corrected chi connectivity index (χ3v) is 2.77. The largest absolute Gasteiger partial charge is 0.388 e. The molecule has 90 valence electrons. The van der Waals surface area contributed by atoms with E-state index in [9.17, 15) is 0 Å². The van der Waals surface area contributed by atoms with Crippen molar-refractivity contribution in [3.05, 3.63) is 24.3 Å². The molecule has 0 radical (unpaired) electrons. The predicted molar refractivity (Wildman–Crippen MR) is 73.3 cm³/mol. The Hall–Kier alpha value is -1.18. The molecular formula is C14H24N2. The van der Waals surface area contributed by atoms with Gasteiger partial charge in [-0.1, -0.05) is 26.8 Å². The summed E-state index contributed by atoms with van der Waals surface area (Å²) in [4.78, 5) is 2.31. The minimum absolute atomic E-state index is 0.398. The average Bonchev–Trinajstić information content (AvgIpc) is 2.25. The van der Waals surface area contributed by atoms with Crippen LogP contribution in [0.15, 0.2) is 24.3 Å². The molecule has 0 aliphatic heterocycles. The van der Waals surface area contributed by atoms with Gasteiger partial charge in [-0.25, -0.2) is 0 Å². The van der Waals surface area contributed by atoms with Crippen LogP contribution in [-0.4, -0.2) is 20.6 Å². The summed E-state index contributed by atoms with van der Waals surface area (Å²) in [7, 11) is 4.11. The number of benzene rings is 1. The van der Waals surface area contributed by atoms with E-state index in [-0.39, 0.29) is 0 Å². The standard InChI is InChI=1S/C14H24N2/c1-14(2,3)9-10-16(5)13-8-6-7-12(11-13)15-4/h6-8,11,15H,9-10H2,1-5H3. The predicted octanol–water partition coefficient (Wildman–Crippen LogP) is 3.60. The van der Waals surface area contributed by atoms with Gasteiger partial charge in [0, 0.05) is 32.0 Å². The van der Waals surface area contributed by atoms with Gasteiger partial charge in [0.25, 0.3) is 0 Å². The maximum absolute atomic E-state index is 3.17. The van der Waals surface area contributed by atoms with Crippen LogP contribution in [0, 0.1) is 5.41 Å². The number of anilines is 2. The summed E-state index contributed by atoms with van der Waals surface area (Å²) in [5.41, 5.74) is 2.84. The Labute approximate surface area is 99.7 Å². The van der Waals surface area contributed by atoms with E-state index in [1.165, 1.54) is 17.8 Å². The SMILES string of the molecule is CNc1cccc(N(C)CCC(C)(C)C)c1. The van der Waals surface area contributed by atoms with Crippen molar-refractivity contribution in [2.45, 2.75) is 27.2 Å². The van der Waals surface area contributed by atoms with Crippen LogP contribution in [0.2, 0.25) is 0 Å². The molecule has 16 heavy (non-hydrogen) atoms. The monoisotopic (exact) mass is 220 g/mol. The summed E-state index contributed by atoms with van der Waals surface area (Å²) in [6.45, 7) is 7.94. The molecule has 1 aromatic rings. The van der Waals surface area contributed by atoms with E-state index >= 15 is 0 Å². The van der Waals surface area contributed by atoms with Crippen LogP contribution in [0.1, 0.15) is 27.2 Å². The molecule has 0 spiro atoms. The highest BCUT2D eigenvalue weighted by molar-refractivity contribution is 5.57. The van der Waals surface area contributed by atoms with E-state index in [0.717, 1.165) is 6.54 Å². The van der Waals surface area contributed by atoms with Crippen molar-refractivity contribution in [1.82, 2.24) is 0 Å². The van der Waals surface area contributed by atoms with Crippen LogP contribution >= 0.6 is 0 Å². The molecule has 1 aromatic carbocycles. The fourth-order valence-corrected chi connectivity index (χ4v) is 1.53. The molecule has 2 heteroatoms. The molecule has 0 bridgehead atoms. The Balaban J connectivity index is 2.62. The molecular weight excluding hydrogens is 196 g/mol. The lowest BCUT2D eigenvalue weighted by Gasteiger charge is -2.25. The van der Waals surface area contributed by atoms with E-state index in [0.29, 0.717) is 5.41 Å². The second kappa shape index (κ2) is 5.24. The number of nitrogens with zero attached hydrogens (tertiary/aromatic N) is 1. The highest BCUT2D eigenvalue weighted by Gasteiger charge is 2.11. The maximum Gasteiger partial charge on any atom is 0.0384 e. The summed E-state index contributed by atoms with van der Waals surface area (Å²) in [5, 5.41) is 3.17. The van der Waals surface area contributed by atoms with Crippen molar-refractivity contribution < 1.29 is 0 Å². The van der Waals surface area contributed by atoms with Crippen LogP contribution in [0.25, 0.3) is 0 Å². The molecule has 0 saturated heterocycles. The Morgan fingerprint density at radius 1 is 1.25 bits per heavy atom. The molecule has 1 rings (SSSR count). The van der Waals surface area contributed by atoms with E-state index in [2.05, 4.69) is 62.3 Å². The third kappa shape index (κ3) is 4.13. The van der Waals surface area contributed by atoms with E-state index in [1.54, 1.807) is 0 Å². The second-order valence-electron chi connectivity index (χ2n) is 5.53. The van der Waals surface area contributed by atoms with Crippen molar-refractivity contribution in [2.24, 2.45) is 5.41 Å². The quantitative estimate of drug-likeness (QED) is 0.834. The van der Waals surface area contributed by atoms with Crippen LogP contribution in [0.5, 0.6) is 0 Å². The van der Waals surface area contributed by atoms with Crippen molar-refractivity contribution in [3.63, 3.8) is 0 Å². The lowest BCUT2D eigenvalue weighted by molar-refractivity contribution is 0.381. The van der Waals surface area contributed by atoms with E-state index in [4.69, 9.17) is 0 Å². The second-order valence-corrected chi connectivity index (χ2v) is 5.53. The number of hydrogen-bond acceptors (Lipinski definition) is 2. The zero-order chi connectivity index (χ0) is 12.2. The fraction of sp³-hybridized carbons (Fsp3) is 0.571. The van der Waals surface area contributed by atoms with Gasteiger partial charge in [0.15, 0.2) is 0 Å². The lowest BCUT2D eigenvalue weighted by atomic mass is 9.92. The third-order valence-electron chi connectivity index (χ3n) is 2.77. The summed E-state index contributed by atoms with van der Waals surface area (Å²) in [6, 6.07) is 8.52. The van der Waals surface area contributed by atoms with Crippen molar-refractivity contribution >= 4 is 11.4 Å². The first-order valence-electron chi connectivity index (χ1n) is 5.91. The average molecular weight is 220 g/mol. The zero-order valence-electron chi connectivity index (χ0n) is 11.2. The molecule has 1 N–H and O–H groups in total. The molecule has 0 aliphatic carbocycles. The lowest BCUT2D eigenvalue weighted by Crippen LogP contribution is -2.23. The highest BCUT2D eigenvalue weighted by Crippen LogP contribution is 2.22. The van der Waals surface area contributed by atoms with Gasteiger partial charge in [-0.15, -0.1) is 0 Å². The highest BCUT2D eigenvalue weighted by atomic mass is 15.1. The van der Waals surface area contributed by atoms with Crippen LogP contribution in [-0.2, 0) is 0 Å². The minimum atomic E-state index is 0.398. The van der Waals surface area contributed by atoms with Gasteiger partial charge in [-0.3, -0.25) is 0 Å². The zero-order valence-corrected chi connectivity index (χ0v) is 11.2. The molecule has 0 heterocycles. The number of rotatable bonds is 4. The first-order valence-corrected chi connectivity index (χ1v) is 5.91. The Morgan fingerprint density at radius 2 is 1.94 bits per heavy atom. The van der Waals surface area contributed by atoms with Gasteiger partial charge >= 0.3 is 0 Å². The molecule has 0 fully saturated rings. The van der Waals surface area contributed by atoms with Gasteiger partial charge in [-0.2, -0.15) is 0 Å². The maximum atomic E-state index is 3.17. The summed E-state index contributed by atoms with van der Waals surface area (Å²) >= 11 is 0. The molecule has 0 aromatic heterocycles. The van der Waals surface area contributed by atoms with Crippen LogP contribution in [0.4, 0.5) is 11.4 Å². The Bertz CT molecular complexity index is 326. The van der Waals surface area contributed by atoms with E-state index in [1.807, 2.05) is 7.05 Å². The number of nitrogens with one attached hydrogen (secondary N) is 1. The first-order chi connectivity index (χ1) is 7.42. The van der Waals surface area contributed by atoms with E-state index < -0.39 is 0 Å². The summed E-state index contributed by atoms with van der Waals surface area (Å²) in [5.74, 6) is 0.